The van der Waals surface area contributed by atoms with Crippen molar-refractivity contribution in [3.05, 3.63) is 0 Å². The lowest BCUT2D eigenvalue weighted by atomic mass is 10.0. The van der Waals surface area contributed by atoms with Gasteiger partial charge in [0, 0.05) is 6.54 Å². The number of hydrogen-bond donors (Lipinski definition) is 2. The lowest BCUT2D eigenvalue weighted by Crippen LogP contribution is -2.47. The second kappa shape index (κ2) is 7.89. The van der Waals surface area contributed by atoms with Gasteiger partial charge in [-0.2, -0.15) is 0 Å². The van der Waals surface area contributed by atoms with Crippen LogP contribution in [-0.4, -0.2) is 52.0 Å². The van der Waals surface area contributed by atoms with Gasteiger partial charge in [-0.3, -0.25) is 19.3 Å². The highest BCUT2D eigenvalue weighted by Crippen LogP contribution is 2.14. The SMILES string of the molecule is CC(=O)CN(CC(C)C(=O)O)C(CC(C)C)C(=O)O. The lowest BCUT2D eigenvalue weighted by Gasteiger charge is -2.30. The van der Waals surface area contributed by atoms with Crippen LogP contribution in [0.2, 0.25) is 0 Å². The van der Waals surface area contributed by atoms with Gasteiger partial charge in [0.1, 0.15) is 11.8 Å². The number of rotatable bonds is 9. The van der Waals surface area contributed by atoms with Gasteiger partial charge >= 0.3 is 11.9 Å². The minimum Gasteiger partial charge on any atom is -0.481 e. The maximum Gasteiger partial charge on any atom is 0.320 e. The van der Waals surface area contributed by atoms with Crippen molar-refractivity contribution in [2.45, 2.75) is 40.2 Å². The van der Waals surface area contributed by atoms with Crippen LogP contribution in [0.25, 0.3) is 0 Å². The third kappa shape index (κ3) is 6.91. The Bertz CT molecular complexity index is 340. The molecule has 6 heteroatoms. The number of carboxylic acid groups (broad SMARTS) is 2. The summed E-state index contributed by atoms with van der Waals surface area (Å²) in [5, 5.41) is 18.2. The topological polar surface area (TPSA) is 94.9 Å². The average Bonchev–Trinajstić information content (AvgIpc) is 2.23. The van der Waals surface area contributed by atoms with Crippen LogP contribution < -0.4 is 0 Å². The summed E-state index contributed by atoms with van der Waals surface area (Å²) >= 11 is 0. The van der Waals surface area contributed by atoms with E-state index in [9.17, 15) is 19.5 Å². The fraction of sp³-hybridized carbons (Fsp3) is 0.769. The molecular weight excluding hydrogens is 250 g/mol. The summed E-state index contributed by atoms with van der Waals surface area (Å²) in [6.45, 7) is 6.67. The molecule has 2 N–H and O–H groups in total. The van der Waals surface area contributed by atoms with Crippen LogP contribution in [0.1, 0.15) is 34.1 Å². The maximum absolute atomic E-state index is 11.3. The molecule has 2 atom stereocenters. The molecule has 0 saturated heterocycles. The largest absolute Gasteiger partial charge is 0.481 e. The van der Waals surface area contributed by atoms with E-state index in [1.807, 2.05) is 13.8 Å². The molecule has 0 aliphatic rings. The van der Waals surface area contributed by atoms with E-state index in [1.54, 1.807) is 0 Å². The number of aliphatic carboxylic acids is 2. The number of Topliss-reactive ketones (excluding diaryl/α,β-unsaturated/α-hetero) is 1. The molecule has 0 fully saturated rings. The summed E-state index contributed by atoms with van der Waals surface area (Å²) in [4.78, 5) is 34.9. The molecule has 0 amide bonds. The van der Waals surface area contributed by atoms with Gasteiger partial charge in [0.05, 0.1) is 12.5 Å². The van der Waals surface area contributed by atoms with Crippen LogP contribution in [0.3, 0.4) is 0 Å². The second-order valence-electron chi connectivity index (χ2n) is 5.35. The van der Waals surface area contributed by atoms with Gasteiger partial charge in [-0.1, -0.05) is 20.8 Å². The molecule has 0 rings (SSSR count). The summed E-state index contributed by atoms with van der Waals surface area (Å²) < 4.78 is 0. The third-order valence-electron chi connectivity index (χ3n) is 2.78. The minimum atomic E-state index is -1.02. The van der Waals surface area contributed by atoms with Crippen LogP contribution in [0.15, 0.2) is 0 Å². The van der Waals surface area contributed by atoms with E-state index in [0.29, 0.717) is 6.42 Å². The van der Waals surface area contributed by atoms with E-state index in [0.717, 1.165) is 0 Å². The van der Waals surface area contributed by atoms with Gasteiger partial charge in [-0.15, -0.1) is 0 Å². The highest BCUT2D eigenvalue weighted by atomic mass is 16.4. The Morgan fingerprint density at radius 3 is 1.89 bits per heavy atom. The molecule has 0 aliphatic carbocycles. The smallest absolute Gasteiger partial charge is 0.320 e. The predicted molar refractivity (Wildman–Crippen MR) is 69.9 cm³/mol. The van der Waals surface area contributed by atoms with Crippen LogP contribution in [-0.2, 0) is 14.4 Å². The Morgan fingerprint density at radius 2 is 1.58 bits per heavy atom. The normalized spacial score (nSPS) is 14.4. The Morgan fingerprint density at radius 1 is 1.05 bits per heavy atom. The van der Waals surface area contributed by atoms with E-state index in [1.165, 1.54) is 18.7 Å². The van der Waals surface area contributed by atoms with E-state index < -0.39 is 23.9 Å². The highest BCUT2D eigenvalue weighted by Gasteiger charge is 2.29. The number of nitrogens with zero attached hydrogens (tertiary/aromatic N) is 1. The van der Waals surface area contributed by atoms with Gasteiger partial charge in [-0.25, -0.2) is 0 Å². The first-order valence-corrected chi connectivity index (χ1v) is 6.34. The third-order valence-corrected chi connectivity index (χ3v) is 2.78. The summed E-state index contributed by atoms with van der Waals surface area (Å²) in [7, 11) is 0. The van der Waals surface area contributed by atoms with Gasteiger partial charge < -0.3 is 10.2 Å². The van der Waals surface area contributed by atoms with Crippen molar-refractivity contribution in [3.63, 3.8) is 0 Å². The zero-order chi connectivity index (χ0) is 15.2. The average molecular weight is 273 g/mol. The molecule has 0 aromatic rings. The van der Waals surface area contributed by atoms with Crippen molar-refractivity contribution >= 4 is 17.7 Å². The quantitative estimate of drug-likeness (QED) is 0.653. The molecule has 0 aromatic heterocycles. The number of hydrogen-bond acceptors (Lipinski definition) is 4. The standard InChI is InChI=1S/C13H23NO5/c1-8(2)5-11(13(18)19)14(7-10(4)15)6-9(3)12(16)17/h8-9,11H,5-7H2,1-4H3,(H,16,17)(H,18,19). The molecule has 2 unspecified atom stereocenters. The Hall–Kier alpha value is -1.43. The van der Waals surface area contributed by atoms with Crippen molar-refractivity contribution in [1.29, 1.82) is 0 Å². The molecule has 0 spiro atoms. The zero-order valence-electron chi connectivity index (χ0n) is 11.9. The van der Waals surface area contributed by atoms with E-state index in [2.05, 4.69) is 0 Å². The maximum atomic E-state index is 11.3. The lowest BCUT2D eigenvalue weighted by molar-refractivity contribution is -0.148. The zero-order valence-corrected chi connectivity index (χ0v) is 11.9. The van der Waals surface area contributed by atoms with E-state index in [-0.39, 0.29) is 24.8 Å². The molecule has 0 saturated carbocycles. The molecule has 6 nitrogen and oxygen atoms in total. The van der Waals surface area contributed by atoms with Gasteiger partial charge in [0.15, 0.2) is 0 Å². The van der Waals surface area contributed by atoms with Gasteiger partial charge in [0.2, 0.25) is 0 Å². The molecule has 19 heavy (non-hydrogen) atoms. The highest BCUT2D eigenvalue weighted by molar-refractivity contribution is 5.80. The molecule has 0 bridgehead atoms. The van der Waals surface area contributed by atoms with Crippen molar-refractivity contribution in [3.8, 4) is 0 Å². The molecule has 0 radical (unpaired) electrons. The fourth-order valence-corrected chi connectivity index (χ4v) is 1.87. The Labute approximate surface area is 113 Å². The summed E-state index contributed by atoms with van der Waals surface area (Å²) in [5.74, 6) is -2.76. The Balaban J connectivity index is 5.00. The summed E-state index contributed by atoms with van der Waals surface area (Å²) in [5.41, 5.74) is 0. The van der Waals surface area contributed by atoms with Crippen LogP contribution in [0.4, 0.5) is 0 Å². The first-order chi connectivity index (χ1) is 8.65. The van der Waals surface area contributed by atoms with Crippen LogP contribution in [0, 0.1) is 11.8 Å². The van der Waals surface area contributed by atoms with Crippen LogP contribution in [0.5, 0.6) is 0 Å². The molecular formula is C13H23NO5. The van der Waals surface area contributed by atoms with Crippen LogP contribution >= 0.6 is 0 Å². The van der Waals surface area contributed by atoms with E-state index in [4.69, 9.17) is 5.11 Å². The molecule has 110 valence electrons. The van der Waals surface area contributed by atoms with Crippen molar-refractivity contribution in [1.82, 2.24) is 4.90 Å². The fourth-order valence-electron chi connectivity index (χ4n) is 1.87. The molecule has 0 aliphatic heterocycles. The second-order valence-corrected chi connectivity index (χ2v) is 5.35. The minimum absolute atomic E-state index is 0.0404. The van der Waals surface area contributed by atoms with E-state index >= 15 is 0 Å². The predicted octanol–water partition coefficient (Wildman–Crippen LogP) is 1.10. The molecule has 0 aromatic carbocycles. The van der Waals surface area contributed by atoms with Gasteiger partial charge in [0.25, 0.3) is 0 Å². The first kappa shape index (κ1) is 17.6. The van der Waals surface area contributed by atoms with Crippen molar-refractivity contribution in [2.75, 3.05) is 13.1 Å². The number of carboxylic acids is 2. The monoisotopic (exact) mass is 273 g/mol. The number of carbonyl (C=O) groups is 3. The van der Waals surface area contributed by atoms with Crippen molar-refractivity contribution in [2.24, 2.45) is 11.8 Å². The first-order valence-electron chi connectivity index (χ1n) is 6.34. The number of carbonyl (C=O) groups excluding carboxylic acids is 1. The van der Waals surface area contributed by atoms with Gasteiger partial charge in [-0.05, 0) is 19.3 Å². The Kier molecular flexibility index (Phi) is 7.29. The number of ketones is 1. The summed E-state index contributed by atoms with van der Waals surface area (Å²) in [6.07, 6.45) is 0.384. The van der Waals surface area contributed by atoms with Crippen molar-refractivity contribution < 1.29 is 24.6 Å². The summed E-state index contributed by atoms with van der Waals surface area (Å²) in [6, 6.07) is -0.828. The molecule has 0 heterocycles.